The number of rotatable bonds is 6. The van der Waals surface area contributed by atoms with Crippen molar-refractivity contribution >= 4 is 5.91 Å². The SMILES string of the molecule is CC(C)(O)CNC(=O)c1cc(OCC(F)(F)F)c(C2CC2)cn1. The largest absolute Gasteiger partial charge is 0.484 e. The van der Waals surface area contributed by atoms with Crippen LogP contribution in [0.25, 0.3) is 0 Å². The van der Waals surface area contributed by atoms with Gasteiger partial charge in [-0.1, -0.05) is 0 Å². The normalized spacial score (nSPS) is 15.4. The Bertz CT molecular complexity index is 578. The van der Waals surface area contributed by atoms with Gasteiger partial charge in [0.05, 0.1) is 5.60 Å². The third-order valence-electron chi connectivity index (χ3n) is 3.22. The summed E-state index contributed by atoms with van der Waals surface area (Å²) in [6.07, 6.45) is -1.32. The smallest absolute Gasteiger partial charge is 0.422 e. The minimum atomic E-state index is -4.45. The fourth-order valence-electron chi connectivity index (χ4n) is 1.94. The van der Waals surface area contributed by atoms with E-state index < -0.39 is 24.3 Å². The second-order valence-electron chi connectivity index (χ2n) is 6.28. The number of hydrogen-bond acceptors (Lipinski definition) is 4. The lowest BCUT2D eigenvalue weighted by molar-refractivity contribution is -0.153. The summed E-state index contributed by atoms with van der Waals surface area (Å²) in [4.78, 5) is 16.0. The number of amides is 1. The van der Waals surface area contributed by atoms with Crippen LogP contribution in [0.1, 0.15) is 48.7 Å². The Morgan fingerprint density at radius 1 is 1.43 bits per heavy atom. The summed E-state index contributed by atoms with van der Waals surface area (Å²) < 4.78 is 41.9. The molecule has 0 bridgehead atoms. The number of aliphatic hydroxyl groups is 1. The van der Waals surface area contributed by atoms with Crippen LogP contribution in [-0.4, -0.2) is 40.9 Å². The van der Waals surface area contributed by atoms with E-state index in [1.54, 1.807) is 0 Å². The predicted molar refractivity (Wildman–Crippen MR) is 76.4 cm³/mol. The number of pyridine rings is 1. The van der Waals surface area contributed by atoms with Gasteiger partial charge in [-0.05, 0) is 32.6 Å². The van der Waals surface area contributed by atoms with E-state index in [-0.39, 0.29) is 23.9 Å². The van der Waals surface area contributed by atoms with Gasteiger partial charge in [0.2, 0.25) is 0 Å². The van der Waals surface area contributed by atoms with Crippen molar-refractivity contribution in [3.63, 3.8) is 0 Å². The average Bonchev–Trinajstić information content (AvgIpc) is 3.25. The number of carbonyl (C=O) groups excluding carboxylic acids is 1. The molecule has 0 saturated heterocycles. The maximum absolute atomic E-state index is 12.4. The highest BCUT2D eigenvalue weighted by molar-refractivity contribution is 5.92. The Labute approximate surface area is 131 Å². The van der Waals surface area contributed by atoms with Crippen molar-refractivity contribution in [3.8, 4) is 5.75 Å². The topological polar surface area (TPSA) is 71.5 Å². The van der Waals surface area contributed by atoms with Gasteiger partial charge in [-0.15, -0.1) is 0 Å². The zero-order chi connectivity index (χ0) is 17.3. The van der Waals surface area contributed by atoms with Crippen molar-refractivity contribution in [1.82, 2.24) is 10.3 Å². The highest BCUT2D eigenvalue weighted by atomic mass is 19.4. The Morgan fingerprint density at radius 3 is 2.61 bits per heavy atom. The fraction of sp³-hybridized carbons (Fsp3) is 0.600. The van der Waals surface area contributed by atoms with Crippen molar-refractivity contribution < 1.29 is 27.8 Å². The summed E-state index contributed by atoms with van der Waals surface area (Å²) in [5, 5.41) is 12.1. The molecule has 1 heterocycles. The summed E-state index contributed by atoms with van der Waals surface area (Å²) in [6.45, 7) is 1.63. The van der Waals surface area contributed by atoms with E-state index >= 15 is 0 Å². The lowest BCUT2D eigenvalue weighted by atomic mass is 10.1. The molecule has 1 aliphatic carbocycles. The van der Waals surface area contributed by atoms with Crippen LogP contribution in [0.4, 0.5) is 13.2 Å². The van der Waals surface area contributed by atoms with Crippen LogP contribution in [0.2, 0.25) is 0 Å². The standard InChI is InChI=1S/C15H19F3N2O3/c1-14(2,22)7-20-13(21)11-5-12(23-8-15(16,17)18)10(6-19-11)9-3-4-9/h5-6,9,22H,3-4,7-8H2,1-2H3,(H,20,21). The first-order chi connectivity index (χ1) is 10.6. The molecule has 0 aliphatic heterocycles. The molecule has 1 fully saturated rings. The second-order valence-corrected chi connectivity index (χ2v) is 6.28. The van der Waals surface area contributed by atoms with Crippen LogP contribution in [0.5, 0.6) is 5.75 Å². The molecule has 2 N–H and O–H groups in total. The molecule has 8 heteroatoms. The fourth-order valence-corrected chi connectivity index (χ4v) is 1.94. The molecular weight excluding hydrogens is 313 g/mol. The lowest BCUT2D eigenvalue weighted by Crippen LogP contribution is -2.38. The summed E-state index contributed by atoms with van der Waals surface area (Å²) in [6, 6.07) is 1.22. The zero-order valence-electron chi connectivity index (χ0n) is 12.9. The van der Waals surface area contributed by atoms with E-state index in [0.29, 0.717) is 5.56 Å². The van der Waals surface area contributed by atoms with Crippen LogP contribution in [0.3, 0.4) is 0 Å². The minimum Gasteiger partial charge on any atom is -0.484 e. The number of alkyl halides is 3. The third-order valence-corrected chi connectivity index (χ3v) is 3.22. The monoisotopic (exact) mass is 332 g/mol. The van der Waals surface area contributed by atoms with Gasteiger partial charge in [-0.3, -0.25) is 9.78 Å². The number of ether oxygens (including phenoxy) is 1. The molecule has 1 aromatic heterocycles. The Kier molecular flexibility index (Phi) is 4.84. The Morgan fingerprint density at radius 2 is 2.09 bits per heavy atom. The van der Waals surface area contributed by atoms with Gasteiger partial charge in [0, 0.05) is 24.4 Å². The van der Waals surface area contributed by atoms with Crippen molar-refractivity contribution in [3.05, 3.63) is 23.5 Å². The molecule has 1 aromatic rings. The summed E-state index contributed by atoms with van der Waals surface area (Å²) >= 11 is 0. The molecule has 128 valence electrons. The van der Waals surface area contributed by atoms with Crippen molar-refractivity contribution in [2.45, 2.75) is 44.4 Å². The van der Waals surface area contributed by atoms with Gasteiger partial charge in [-0.25, -0.2) is 0 Å². The molecule has 1 aliphatic rings. The highest BCUT2D eigenvalue weighted by Gasteiger charge is 2.32. The molecule has 5 nitrogen and oxygen atoms in total. The van der Waals surface area contributed by atoms with Gasteiger partial charge < -0.3 is 15.2 Å². The van der Waals surface area contributed by atoms with Crippen LogP contribution >= 0.6 is 0 Å². The van der Waals surface area contributed by atoms with Gasteiger partial charge in [-0.2, -0.15) is 13.2 Å². The summed E-state index contributed by atoms with van der Waals surface area (Å²) in [5.41, 5.74) is -0.553. The van der Waals surface area contributed by atoms with E-state index in [1.165, 1.54) is 26.1 Å². The van der Waals surface area contributed by atoms with Crippen molar-refractivity contribution in [1.29, 1.82) is 0 Å². The van der Waals surface area contributed by atoms with Gasteiger partial charge in [0.25, 0.3) is 5.91 Å². The van der Waals surface area contributed by atoms with Crippen molar-refractivity contribution in [2.75, 3.05) is 13.2 Å². The third kappa shape index (κ3) is 5.70. The number of halogens is 3. The minimum absolute atomic E-state index is 0.00334. The molecule has 0 radical (unpaired) electrons. The van der Waals surface area contributed by atoms with E-state index in [4.69, 9.17) is 4.74 Å². The molecule has 2 rings (SSSR count). The number of nitrogens with zero attached hydrogens (tertiary/aromatic N) is 1. The molecule has 0 unspecified atom stereocenters. The number of aromatic nitrogens is 1. The second kappa shape index (κ2) is 6.35. The van der Waals surface area contributed by atoms with Crippen LogP contribution in [0.15, 0.2) is 12.3 Å². The quantitative estimate of drug-likeness (QED) is 0.839. The van der Waals surface area contributed by atoms with Crippen LogP contribution in [0, 0.1) is 0 Å². The first-order valence-electron chi connectivity index (χ1n) is 7.25. The molecule has 23 heavy (non-hydrogen) atoms. The van der Waals surface area contributed by atoms with Crippen molar-refractivity contribution in [2.24, 2.45) is 0 Å². The van der Waals surface area contributed by atoms with Gasteiger partial charge in [0.15, 0.2) is 6.61 Å². The molecule has 0 aromatic carbocycles. The maximum Gasteiger partial charge on any atom is 0.422 e. The van der Waals surface area contributed by atoms with E-state index in [9.17, 15) is 23.1 Å². The highest BCUT2D eigenvalue weighted by Crippen LogP contribution is 2.44. The molecule has 0 atom stereocenters. The lowest BCUT2D eigenvalue weighted by Gasteiger charge is -2.18. The molecule has 1 amide bonds. The molecule has 0 spiro atoms. The molecular formula is C15H19F3N2O3. The maximum atomic E-state index is 12.4. The first-order valence-corrected chi connectivity index (χ1v) is 7.25. The zero-order valence-corrected chi connectivity index (χ0v) is 12.9. The number of hydrogen-bond donors (Lipinski definition) is 2. The van der Waals surface area contributed by atoms with E-state index in [2.05, 4.69) is 10.3 Å². The van der Waals surface area contributed by atoms with Gasteiger partial charge in [0.1, 0.15) is 11.4 Å². The van der Waals surface area contributed by atoms with Crippen LogP contribution < -0.4 is 10.1 Å². The predicted octanol–water partition coefficient (Wildman–Crippen LogP) is 2.40. The number of nitrogens with one attached hydrogen (secondary N) is 1. The number of carbonyl (C=O) groups is 1. The average molecular weight is 332 g/mol. The summed E-state index contributed by atoms with van der Waals surface area (Å²) in [7, 11) is 0. The Balaban J connectivity index is 2.13. The van der Waals surface area contributed by atoms with Crippen LogP contribution in [-0.2, 0) is 0 Å². The van der Waals surface area contributed by atoms with E-state index in [1.807, 2.05) is 0 Å². The van der Waals surface area contributed by atoms with E-state index in [0.717, 1.165) is 12.8 Å². The molecule has 1 saturated carbocycles. The van der Waals surface area contributed by atoms with Gasteiger partial charge >= 0.3 is 6.18 Å². The summed E-state index contributed by atoms with van der Waals surface area (Å²) in [5.74, 6) is -0.404. The Hall–Kier alpha value is -1.83. The first kappa shape index (κ1) is 17.5.